The second-order valence-electron chi connectivity index (χ2n) is 3.75. The van der Waals surface area contributed by atoms with Gasteiger partial charge in [0.2, 0.25) is 0 Å². The first-order valence-corrected chi connectivity index (χ1v) is 6.79. The Hall–Kier alpha value is -1.51. The number of hydrogen-bond donors (Lipinski definition) is 1. The number of aromatic amines is 1. The number of hydrogen-bond acceptors (Lipinski definition) is 1. The van der Waals surface area contributed by atoms with E-state index in [1.807, 2.05) is 52.8 Å². The third kappa shape index (κ3) is 3.76. The Bertz CT molecular complexity index is 461. The lowest BCUT2D eigenvalue weighted by molar-refractivity contribution is 0.856. The molecule has 0 aliphatic carbocycles. The molecule has 0 saturated carbocycles. The molecule has 0 aromatic carbocycles. The molecule has 102 valence electrons. The quantitative estimate of drug-likeness (QED) is 0.809. The second kappa shape index (κ2) is 8.56. The Morgan fingerprint density at radius 3 is 2.33 bits per heavy atom. The Morgan fingerprint density at radius 1 is 1.33 bits per heavy atom. The molecule has 0 fully saturated rings. The highest BCUT2D eigenvalue weighted by Crippen LogP contribution is 2.08. The second-order valence-corrected chi connectivity index (χ2v) is 3.75. The third-order valence-corrected chi connectivity index (χ3v) is 2.56. The SMILES string of the molecule is C/C=C\C(=C/CC)n1[nH]c(C)c(CC)c1=O.CC. The molecule has 1 heterocycles. The van der Waals surface area contributed by atoms with E-state index in [9.17, 15) is 4.79 Å². The molecule has 1 rings (SSSR count). The number of nitrogens with zero attached hydrogens (tertiary/aromatic N) is 1. The maximum Gasteiger partial charge on any atom is 0.274 e. The minimum atomic E-state index is 0.0674. The molecule has 0 spiro atoms. The summed E-state index contributed by atoms with van der Waals surface area (Å²) < 4.78 is 1.62. The van der Waals surface area contributed by atoms with Crippen LogP contribution in [0.2, 0.25) is 0 Å². The summed E-state index contributed by atoms with van der Waals surface area (Å²) in [5.74, 6) is 0. The zero-order valence-corrected chi connectivity index (χ0v) is 12.5. The summed E-state index contributed by atoms with van der Waals surface area (Å²) in [6.07, 6.45) is 7.60. The van der Waals surface area contributed by atoms with E-state index in [0.717, 1.165) is 29.8 Å². The lowest BCUT2D eigenvalue weighted by Crippen LogP contribution is -2.17. The Balaban J connectivity index is 0.00000137. The smallest absolute Gasteiger partial charge is 0.274 e. The summed E-state index contributed by atoms with van der Waals surface area (Å²) in [6, 6.07) is 0. The molecule has 0 unspecified atom stereocenters. The van der Waals surface area contributed by atoms with Gasteiger partial charge < -0.3 is 0 Å². The van der Waals surface area contributed by atoms with Crippen LogP contribution in [0.3, 0.4) is 0 Å². The van der Waals surface area contributed by atoms with E-state index in [1.54, 1.807) is 4.68 Å². The van der Waals surface area contributed by atoms with Crippen molar-refractivity contribution >= 4 is 5.70 Å². The molecule has 1 aromatic heterocycles. The van der Waals surface area contributed by atoms with Crippen LogP contribution in [0.1, 0.15) is 52.3 Å². The molecule has 0 bridgehead atoms. The zero-order valence-electron chi connectivity index (χ0n) is 12.5. The van der Waals surface area contributed by atoms with Gasteiger partial charge in [-0.3, -0.25) is 9.89 Å². The van der Waals surface area contributed by atoms with Crippen LogP contribution >= 0.6 is 0 Å². The summed E-state index contributed by atoms with van der Waals surface area (Å²) >= 11 is 0. The van der Waals surface area contributed by atoms with Gasteiger partial charge >= 0.3 is 0 Å². The van der Waals surface area contributed by atoms with Crippen molar-refractivity contribution in [2.75, 3.05) is 0 Å². The van der Waals surface area contributed by atoms with Gasteiger partial charge in [0.05, 0.1) is 5.70 Å². The van der Waals surface area contributed by atoms with Gasteiger partial charge in [-0.1, -0.05) is 39.8 Å². The molecule has 1 aromatic rings. The summed E-state index contributed by atoms with van der Waals surface area (Å²) in [5, 5.41) is 3.12. The number of aromatic nitrogens is 2. The fourth-order valence-corrected chi connectivity index (χ4v) is 1.79. The molecule has 0 radical (unpaired) electrons. The standard InChI is InChI=1S/C13H20N2O.C2H6/c1-5-8-11(9-6-2)15-13(16)12(7-3)10(4)14-15;1-2/h5,8-9,14H,6-7H2,1-4H3;1-2H3/b8-5-,11-9+;. The van der Waals surface area contributed by atoms with Crippen LogP contribution in [-0.4, -0.2) is 9.78 Å². The van der Waals surface area contributed by atoms with Gasteiger partial charge in [-0.25, -0.2) is 4.68 Å². The maximum absolute atomic E-state index is 12.1. The van der Waals surface area contributed by atoms with Crippen molar-refractivity contribution in [1.82, 2.24) is 9.78 Å². The summed E-state index contributed by atoms with van der Waals surface area (Å²) in [6.45, 7) is 12.0. The summed E-state index contributed by atoms with van der Waals surface area (Å²) in [7, 11) is 0. The minimum Gasteiger partial charge on any atom is -0.295 e. The minimum absolute atomic E-state index is 0.0674. The highest BCUT2D eigenvalue weighted by atomic mass is 16.1. The molecule has 3 heteroatoms. The number of nitrogens with one attached hydrogen (secondary N) is 1. The van der Waals surface area contributed by atoms with E-state index < -0.39 is 0 Å². The average molecular weight is 250 g/mol. The monoisotopic (exact) mass is 250 g/mol. The number of rotatable bonds is 4. The van der Waals surface area contributed by atoms with Crippen LogP contribution in [0.15, 0.2) is 23.0 Å². The van der Waals surface area contributed by atoms with Gasteiger partial charge in [-0.05, 0) is 32.8 Å². The molecular formula is C15H26N2O. The van der Waals surface area contributed by atoms with Gasteiger partial charge in [0.1, 0.15) is 0 Å². The van der Waals surface area contributed by atoms with Gasteiger partial charge in [-0.2, -0.15) is 0 Å². The highest BCUT2D eigenvalue weighted by molar-refractivity contribution is 5.56. The van der Waals surface area contributed by atoms with Crippen molar-refractivity contribution in [2.24, 2.45) is 0 Å². The number of H-pyrrole nitrogens is 1. The average Bonchev–Trinajstić information content (AvgIpc) is 2.66. The molecule has 3 nitrogen and oxygen atoms in total. The molecule has 0 saturated heterocycles. The predicted molar refractivity (Wildman–Crippen MR) is 79.9 cm³/mol. The Morgan fingerprint density at radius 2 is 1.94 bits per heavy atom. The fraction of sp³-hybridized carbons (Fsp3) is 0.533. The van der Waals surface area contributed by atoms with Crippen LogP contribution in [0.25, 0.3) is 5.70 Å². The first-order valence-electron chi connectivity index (χ1n) is 6.79. The summed E-state index contributed by atoms with van der Waals surface area (Å²) in [5.41, 5.74) is 2.81. The lowest BCUT2D eigenvalue weighted by Gasteiger charge is -2.01. The van der Waals surface area contributed by atoms with Crippen molar-refractivity contribution in [3.63, 3.8) is 0 Å². The highest BCUT2D eigenvalue weighted by Gasteiger charge is 2.10. The van der Waals surface area contributed by atoms with Crippen LogP contribution in [-0.2, 0) is 6.42 Å². The zero-order chi connectivity index (χ0) is 14.1. The maximum atomic E-state index is 12.1. The third-order valence-electron chi connectivity index (χ3n) is 2.56. The van der Waals surface area contributed by atoms with E-state index in [2.05, 4.69) is 12.0 Å². The van der Waals surface area contributed by atoms with E-state index >= 15 is 0 Å². The Labute approximate surface area is 110 Å². The largest absolute Gasteiger partial charge is 0.295 e. The van der Waals surface area contributed by atoms with Crippen LogP contribution in [0.5, 0.6) is 0 Å². The topological polar surface area (TPSA) is 37.8 Å². The number of allylic oxidation sites excluding steroid dienone is 4. The molecule has 0 atom stereocenters. The first kappa shape index (κ1) is 16.5. The normalized spacial score (nSPS) is 11.6. The van der Waals surface area contributed by atoms with Crippen molar-refractivity contribution < 1.29 is 0 Å². The summed E-state index contributed by atoms with van der Waals surface area (Å²) in [4.78, 5) is 12.1. The van der Waals surface area contributed by atoms with E-state index in [-0.39, 0.29) is 5.56 Å². The number of aryl methyl sites for hydroxylation is 1. The van der Waals surface area contributed by atoms with Crippen molar-refractivity contribution in [2.45, 2.75) is 54.4 Å². The molecule has 1 N–H and O–H groups in total. The van der Waals surface area contributed by atoms with E-state index in [0.29, 0.717) is 0 Å². The molecule has 18 heavy (non-hydrogen) atoms. The van der Waals surface area contributed by atoms with Gasteiger partial charge in [0.15, 0.2) is 0 Å². The molecule has 0 aliphatic rings. The predicted octanol–water partition coefficient (Wildman–Crippen LogP) is 3.90. The van der Waals surface area contributed by atoms with E-state index in [4.69, 9.17) is 0 Å². The lowest BCUT2D eigenvalue weighted by atomic mass is 10.2. The van der Waals surface area contributed by atoms with Crippen LogP contribution < -0.4 is 5.56 Å². The van der Waals surface area contributed by atoms with E-state index in [1.165, 1.54) is 0 Å². The van der Waals surface area contributed by atoms with Gasteiger partial charge in [-0.15, -0.1) is 0 Å². The van der Waals surface area contributed by atoms with Crippen molar-refractivity contribution in [1.29, 1.82) is 0 Å². The van der Waals surface area contributed by atoms with Crippen LogP contribution in [0.4, 0.5) is 0 Å². The van der Waals surface area contributed by atoms with Crippen molar-refractivity contribution in [3.05, 3.63) is 39.8 Å². The fourth-order valence-electron chi connectivity index (χ4n) is 1.79. The van der Waals surface area contributed by atoms with Crippen molar-refractivity contribution in [3.8, 4) is 0 Å². The molecule has 0 amide bonds. The first-order chi connectivity index (χ1) is 8.65. The Kier molecular flexibility index (Phi) is 7.84. The van der Waals surface area contributed by atoms with Crippen LogP contribution in [0, 0.1) is 6.92 Å². The molecule has 0 aliphatic heterocycles. The van der Waals surface area contributed by atoms with Gasteiger partial charge in [0, 0.05) is 11.3 Å². The van der Waals surface area contributed by atoms with Gasteiger partial charge in [0.25, 0.3) is 5.56 Å². The molecular weight excluding hydrogens is 224 g/mol.